The van der Waals surface area contributed by atoms with Gasteiger partial charge in [0.1, 0.15) is 5.69 Å². The lowest BCUT2D eigenvalue weighted by atomic mass is 10.1. The van der Waals surface area contributed by atoms with Crippen molar-refractivity contribution in [2.45, 2.75) is 6.04 Å². The average Bonchev–Trinajstić information content (AvgIpc) is 2.35. The molecule has 1 fully saturated rings. The van der Waals surface area contributed by atoms with Gasteiger partial charge in [0.2, 0.25) is 0 Å². The first-order valence-corrected chi connectivity index (χ1v) is 5.95. The van der Waals surface area contributed by atoms with Crippen LogP contribution in [0.25, 0.3) is 11.0 Å². The highest BCUT2D eigenvalue weighted by atomic mass is 16.2. The summed E-state index contributed by atoms with van der Waals surface area (Å²) >= 11 is 0. The molecule has 1 N–H and O–H groups in total. The molecule has 0 bridgehead atoms. The number of carbonyl (C=O) groups excluding carboxylic acids is 1. The summed E-state index contributed by atoms with van der Waals surface area (Å²) < 4.78 is 0. The molecule has 1 aromatic carbocycles. The molecule has 3 rings (SSSR count). The topological polar surface area (TPSA) is 58.1 Å². The highest BCUT2D eigenvalue weighted by Gasteiger charge is 2.26. The first-order chi connectivity index (χ1) is 8.75. The Morgan fingerprint density at radius 1 is 1.33 bits per heavy atom. The lowest BCUT2D eigenvalue weighted by Crippen LogP contribution is -2.57. The average molecular weight is 242 g/mol. The van der Waals surface area contributed by atoms with Gasteiger partial charge >= 0.3 is 0 Å². The zero-order valence-corrected chi connectivity index (χ0v) is 10.1. The van der Waals surface area contributed by atoms with E-state index in [4.69, 9.17) is 0 Å². The maximum absolute atomic E-state index is 12.2. The van der Waals surface area contributed by atoms with E-state index in [1.807, 2.05) is 31.3 Å². The predicted molar refractivity (Wildman–Crippen MR) is 68.3 cm³/mol. The molecule has 92 valence electrons. The van der Waals surface area contributed by atoms with Crippen LogP contribution in [0.5, 0.6) is 0 Å². The van der Waals surface area contributed by atoms with Crippen molar-refractivity contribution in [1.82, 2.24) is 20.2 Å². The molecular weight excluding hydrogens is 228 g/mol. The van der Waals surface area contributed by atoms with Crippen LogP contribution < -0.4 is 5.32 Å². The van der Waals surface area contributed by atoms with Gasteiger partial charge < -0.3 is 10.2 Å². The molecule has 5 nitrogen and oxygen atoms in total. The van der Waals surface area contributed by atoms with Gasteiger partial charge in [0.25, 0.3) is 5.91 Å². The van der Waals surface area contributed by atoms with Crippen LogP contribution in [0.2, 0.25) is 0 Å². The molecule has 1 amide bonds. The molecule has 1 aliphatic heterocycles. The van der Waals surface area contributed by atoms with Crippen molar-refractivity contribution in [3.63, 3.8) is 0 Å². The summed E-state index contributed by atoms with van der Waals surface area (Å²) in [4.78, 5) is 22.6. The monoisotopic (exact) mass is 242 g/mol. The Bertz CT molecular complexity index is 594. The van der Waals surface area contributed by atoms with E-state index in [1.165, 1.54) is 0 Å². The molecule has 2 heterocycles. The highest BCUT2D eigenvalue weighted by molar-refractivity contribution is 5.93. The molecule has 0 atom stereocenters. The van der Waals surface area contributed by atoms with Gasteiger partial charge in [0, 0.05) is 20.1 Å². The van der Waals surface area contributed by atoms with E-state index >= 15 is 0 Å². The van der Waals surface area contributed by atoms with Gasteiger partial charge in [0.05, 0.1) is 23.3 Å². The van der Waals surface area contributed by atoms with Crippen LogP contribution in [-0.2, 0) is 0 Å². The summed E-state index contributed by atoms with van der Waals surface area (Å²) in [6.07, 6.45) is 1.55. The Balaban J connectivity index is 1.91. The van der Waals surface area contributed by atoms with Crippen LogP contribution in [-0.4, -0.2) is 47.0 Å². The number of rotatable bonds is 2. The molecule has 18 heavy (non-hydrogen) atoms. The molecule has 1 saturated heterocycles. The van der Waals surface area contributed by atoms with E-state index in [9.17, 15) is 4.79 Å². The van der Waals surface area contributed by atoms with Crippen molar-refractivity contribution in [1.29, 1.82) is 0 Å². The van der Waals surface area contributed by atoms with Gasteiger partial charge in [0.15, 0.2) is 0 Å². The maximum atomic E-state index is 12.2. The minimum atomic E-state index is -0.0697. The number of fused-ring (bicyclic) bond motifs is 1. The van der Waals surface area contributed by atoms with Crippen molar-refractivity contribution in [2.24, 2.45) is 0 Å². The fourth-order valence-corrected chi connectivity index (χ4v) is 1.95. The zero-order chi connectivity index (χ0) is 12.5. The van der Waals surface area contributed by atoms with E-state index in [-0.39, 0.29) is 11.9 Å². The summed E-state index contributed by atoms with van der Waals surface area (Å²) in [6, 6.07) is 7.82. The Hall–Kier alpha value is -2.01. The number of hydrogen-bond acceptors (Lipinski definition) is 4. The third kappa shape index (κ3) is 1.82. The molecule has 5 heteroatoms. The standard InChI is InChI=1S/C13H14N4O/c1-17(9-6-14-7-9)13(18)12-8-15-10-4-2-3-5-11(10)16-12/h2-5,8-9,14H,6-7H2,1H3. The van der Waals surface area contributed by atoms with Crippen LogP contribution in [0.15, 0.2) is 30.5 Å². The Kier molecular flexibility index (Phi) is 2.68. The fourth-order valence-electron chi connectivity index (χ4n) is 1.95. The van der Waals surface area contributed by atoms with E-state index in [1.54, 1.807) is 11.1 Å². The third-order valence-corrected chi connectivity index (χ3v) is 3.30. The van der Waals surface area contributed by atoms with Crippen LogP contribution in [0.3, 0.4) is 0 Å². The third-order valence-electron chi connectivity index (χ3n) is 3.30. The van der Waals surface area contributed by atoms with Crippen molar-refractivity contribution >= 4 is 16.9 Å². The Morgan fingerprint density at radius 2 is 2.06 bits per heavy atom. The summed E-state index contributed by atoms with van der Waals surface area (Å²) in [6.45, 7) is 1.70. The molecule has 0 saturated carbocycles. The lowest BCUT2D eigenvalue weighted by molar-refractivity contribution is 0.0675. The molecule has 1 aliphatic rings. The summed E-state index contributed by atoms with van der Waals surface area (Å²) in [5.74, 6) is -0.0697. The van der Waals surface area contributed by atoms with Crippen molar-refractivity contribution in [2.75, 3.05) is 20.1 Å². The first kappa shape index (κ1) is 11.1. The second-order valence-electron chi connectivity index (χ2n) is 4.47. The Labute approximate surface area is 105 Å². The van der Waals surface area contributed by atoms with Gasteiger partial charge in [-0.05, 0) is 12.1 Å². The molecule has 0 radical (unpaired) electrons. The normalized spacial score (nSPS) is 15.4. The number of benzene rings is 1. The van der Waals surface area contributed by atoms with Gasteiger partial charge in [-0.3, -0.25) is 9.78 Å². The minimum Gasteiger partial charge on any atom is -0.335 e. The summed E-state index contributed by atoms with van der Waals surface area (Å²) in [5, 5.41) is 3.15. The number of carbonyl (C=O) groups is 1. The molecular formula is C13H14N4O. The molecule has 0 aliphatic carbocycles. The number of aromatic nitrogens is 2. The number of nitrogens with zero attached hydrogens (tertiary/aromatic N) is 3. The number of para-hydroxylation sites is 2. The van der Waals surface area contributed by atoms with Crippen LogP contribution in [0, 0.1) is 0 Å². The van der Waals surface area contributed by atoms with Gasteiger partial charge in [-0.1, -0.05) is 12.1 Å². The maximum Gasteiger partial charge on any atom is 0.274 e. The van der Waals surface area contributed by atoms with Crippen molar-refractivity contribution in [3.8, 4) is 0 Å². The predicted octanol–water partition coefficient (Wildman–Crippen LogP) is 0.674. The Morgan fingerprint density at radius 3 is 2.72 bits per heavy atom. The second kappa shape index (κ2) is 4.34. The van der Waals surface area contributed by atoms with Gasteiger partial charge in [-0.2, -0.15) is 0 Å². The minimum absolute atomic E-state index is 0.0697. The van der Waals surface area contributed by atoms with E-state index in [2.05, 4.69) is 15.3 Å². The SMILES string of the molecule is CN(C(=O)c1cnc2ccccc2n1)C1CNC1. The van der Waals surface area contributed by atoms with Gasteiger partial charge in [-0.25, -0.2) is 4.98 Å². The van der Waals surface area contributed by atoms with Crippen LogP contribution in [0.1, 0.15) is 10.5 Å². The highest BCUT2D eigenvalue weighted by Crippen LogP contribution is 2.11. The molecule has 1 aromatic heterocycles. The van der Waals surface area contributed by atoms with E-state index in [0.717, 1.165) is 24.1 Å². The molecule has 2 aromatic rings. The summed E-state index contributed by atoms with van der Waals surface area (Å²) in [5.41, 5.74) is 1.97. The van der Waals surface area contributed by atoms with Crippen LogP contribution in [0.4, 0.5) is 0 Å². The largest absolute Gasteiger partial charge is 0.335 e. The van der Waals surface area contributed by atoms with Crippen LogP contribution >= 0.6 is 0 Å². The fraction of sp³-hybridized carbons (Fsp3) is 0.308. The second-order valence-corrected chi connectivity index (χ2v) is 4.47. The smallest absolute Gasteiger partial charge is 0.274 e. The number of amides is 1. The number of hydrogen-bond donors (Lipinski definition) is 1. The van der Waals surface area contributed by atoms with Crippen molar-refractivity contribution in [3.05, 3.63) is 36.2 Å². The summed E-state index contributed by atoms with van der Waals surface area (Å²) in [7, 11) is 1.81. The number of nitrogens with one attached hydrogen (secondary N) is 1. The molecule has 0 unspecified atom stereocenters. The zero-order valence-electron chi connectivity index (χ0n) is 10.1. The quantitative estimate of drug-likeness (QED) is 0.841. The van der Waals surface area contributed by atoms with E-state index in [0.29, 0.717) is 5.69 Å². The van der Waals surface area contributed by atoms with E-state index < -0.39 is 0 Å². The first-order valence-electron chi connectivity index (χ1n) is 5.95. The van der Waals surface area contributed by atoms with Gasteiger partial charge in [-0.15, -0.1) is 0 Å². The van der Waals surface area contributed by atoms with Crippen molar-refractivity contribution < 1.29 is 4.79 Å². The molecule has 0 spiro atoms. The lowest BCUT2D eigenvalue weighted by Gasteiger charge is -2.35. The number of likely N-dealkylation sites (N-methyl/N-ethyl adjacent to an activating group) is 1.